The second kappa shape index (κ2) is 4.80. The molecule has 92 valence electrons. The first-order chi connectivity index (χ1) is 8.02. The molecule has 0 bridgehead atoms. The van der Waals surface area contributed by atoms with Crippen molar-refractivity contribution in [3.63, 3.8) is 0 Å². The number of thiophene rings is 2. The molecule has 0 spiro atoms. The van der Waals surface area contributed by atoms with Gasteiger partial charge in [0, 0.05) is 22.4 Å². The van der Waals surface area contributed by atoms with Crippen molar-refractivity contribution in [1.29, 1.82) is 0 Å². The minimum absolute atomic E-state index is 0.279. The lowest BCUT2D eigenvalue weighted by molar-refractivity contribution is -0.136. The molecule has 17 heavy (non-hydrogen) atoms. The molecule has 1 nitrogen and oxygen atoms in total. The lowest BCUT2D eigenvalue weighted by Gasteiger charge is -2.06. The third-order valence-electron chi connectivity index (χ3n) is 2.28. The van der Waals surface area contributed by atoms with Gasteiger partial charge in [-0.25, -0.2) is 0 Å². The van der Waals surface area contributed by atoms with Gasteiger partial charge >= 0.3 is 6.18 Å². The van der Waals surface area contributed by atoms with Crippen LogP contribution in [0.5, 0.6) is 0 Å². The van der Waals surface area contributed by atoms with Crippen LogP contribution in [-0.4, -0.2) is 7.05 Å². The fraction of sp³-hybridized carbons (Fsp3) is 0.273. The second-order valence-electron chi connectivity index (χ2n) is 3.53. The highest BCUT2D eigenvalue weighted by molar-refractivity contribution is 7.10. The monoisotopic (exact) mass is 277 g/mol. The molecule has 0 aliphatic carbocycles. The summed E-state index contributed by atoms with van der Waals surface area (Å²) in [5, 5.41) is 7.45. The number of halogens is 3. The van der Waals surface area contributed by atoms with Crippen molar-refractivity contribution < 1.29 is 13.2 Å². The highest BCUT2D eigenvalue weighted by Gasteiger charge is 2.34. The number of alkyl halides is 3. The molecular formula is C11H10F3NS2. The Hall–Kier alpha value is -0.850. The summed E-state index contributed by atoms with van der Waals surface area (Å²) in [6.45, 7) is 0.677. The second-order valence-corrected chi connectivity index (χ2v) is 5.27. The van der Waals surface area contributed by atoms with Gasteiger partial charge in [0.25, 0.3) is 0 Å². The average Bonchev–Trinajstić information content (AvgIpc) is 2.82. The first-order valence-electron chi connectivity index (χ1n) is 4.88. The Bertz CT molecular complexity index is 499. The van der Waals surface area contributed by atoms with E-state index in [4.69, 9.17) is 0 Å². The molecule has 0 unspecified atom stereocenters. The van der Waals surface area contributed by atoms with Crippen LogP contribution in [0.15, 0.2) is 22.2 Å². The van der Waals surface area contributed by atoms with Crippen molar-refractivity contribution in [3.8, 4) is 11.1 Å². The van der Waals surface area contributed by atoms with Crippen molar-refractivity contribution in [3.05, 3.63) is 32.6 Å². The van der Waals surface area contributed by atoms with E-state index in [1.165, 1.54) is 11.3 Å². The van der Waals surface area contributed by atoms with Crippen molar-refractivity contribution in [1.82, 2.24) is 5.32 Å². The molecule has 2 aromatic heterocycles. The van der Waals surface area contributed by atoms with E-state index in [2.05, 4.69) is 5.32 Å². The van der Waals surface area contributed by atoms with Gasteiger partial charge in [-0.1, -0.05) is 0 Å². The summed E-state index contributed by atoms with van der Waals surface area (Å²) in [7, 11) is 1.81. The minimum Gasteiger partial charge on any atom is -0.315 e. The molecule has 0 fully saturated rings. The van der Waals surface area contributed by atoms with Crippen LogP contribution in [0, 0.1) is 0 Å². The van der Waals surface area contributed by atoms with Crippen molar-refractivity contribution >= 4 is 22.7 Å². The van der Waals surface area contributed by atoms with Crippen molar-refractivity contribution in [2.24, 2.45) is 0 Å². The zero-order valence-corrected chi connectivity index (χ0v) is 10.6. The van der Waals surface area contributed by atoms with Gasteiger partial charge in [-0.15, -0.1) is 11.3 Å². The molecule has 0 saturated heterocycles. The Morgan fingerprint density at radius 1 is 1.24 bits per heavy atom. The summed E-state index contributed by atoms with van der Waals surface area (Å²) in [6.07, 6.45) is -4.28. The Labute approximate surface area is 105 Å². The number of hydrogen-bond acceptors (Lipinski definition) is 3. The standard InChI is InChI=1S/C11H10F3NS2/c1-15-3-8-2-7(4-17-8)9-5-16-6-10(9)11(12,13)14/h2,4-6,15H,3H2,1H3. The van der Waals surface area contributed by atoms with Gasteiger partial charge in [0.15, 0.2) is 0 Å². The van der Waals surface area contributed by atoms with Gasteiger partial charge < -0.3 is 5.32 Å². The minimum atomic E-state index is -4.28. The SMILES string of the molecule is CNCc1cc(-c2cscc2C(F)(F)F)cs1. The molecule has 2 aromatic rings. The van der Waals surface area contributed by atoms with Crippen LogP contribution < -0.4 is 5.32 Å². The van der Waals surface area contributed by atoms with Crippen LogP contribution in [-0.2, 0) is 12.7 Å². The quantitative estimate of drug-likeness (QED) is 0.886. The Kier molecular flexibility index (Phi) is 3.56. The molecule has 0 atom stereocenters. The summed E-state index contributed by atoms with van der Waals surface area (Å²) in [5.41, 5.74) is 0.381. The van der Waals surface area contributed by atoms with E-state index in [-0.39, 0.29) is 5.56 Å². The summed E-state index contributed by atoms with van der Waals surface area (Å²) < 4.78 is 38.2. The van der Waals surface area contributed by atoms with Gasteiger partial charge in [0.2, 0.25) is 0 Å². The maximum Gasteiger partial charge on any atom is 0.417 e. The lowest BCUT2D eigenvalue weighted by Crippen LogP contribution is -2.04. The average molecular weight is 277 g/mol. The van der Waals surface area contributed by atoms with Crippen molar-refractivity contribution in [2.45, 2.75) is 12.7 Å². The first kappa shape index (κ1) is 12.6. The maximum absolute atomic E-state index is 12.7. The smallest absolute Gasteiger partial charge is 0.315 e. The molecule has 6 heteroatoms. The van der Waals surface area contributed by atoms with E-state index in [0.29, 0.717) is 12.1 Å². The van der Waals surface area contributed by atoms with E-state index < -0.39 is 11.7 Å². The summed E-state index contributed by atoms with van der Waals surface area (Å²) in [5.74, 6) is 0. The fourth-order valence-corrected chi connectivity index (χ4v) is 3.29. The van der Waals surface area contributed by atoms with Crippen LogP contribution >= 0.6 is 22.7 Å². The number of nitrogens with one attached hydrogen (secondary N) is 1. The highest BCUT2D eigenvalue weighted by Crippen LogP contribution is 2.40. The summed E-state index contributed by atoms with van der Waals surface area (Å²) in [6, 6.07) is 1.80. The molecule has 1 N–H and O–H groups in total. The molecule has 0 radical (unpaired) electrons. The normalized spacial score (nSPS) is 12.0. The Balaban J connectivity index is 2.36. The zero-order chi connectivity index (χ0) is 12.5. The van der Waals surface area contributed by atoms with Gasteiger partial charge in [-0.05, 0) is 29.4 Å². The van der Waals surface area contributed by atoms with E-state index >= 15 is 0 Å². The molecule has 0 aliphatic rings. The molecule has 0 amide bonds. The number of rotatable bonds is 3. The Morgan fingerprint density at radius 3 is 2.65 bits per heavy atom. The van der Waals surface area contributed by atoms with Crippen molar-refractivity contribution in [2.75, 3.05) is 7.05 Å². The molecule has 2 heterocycles. The van der Waals surface area contributed by atoms with E-state index in [9.17, 15) is 13.2 Å². The predicted molar refractivity (Wildman–Crippen MR) is 65.4 cm³/mol. The van der Waals surface area contributed by atoms with Crippen LogP contribution in [0.3, 0.4) is 0 Å². The van der Waals surface area contributed by atoms with E-state index in [1.54, 1.807) is 16.8 Å². The fourth-order valence-electron chi connectivity index (χ4n) is 1.53. The van der Waals surface area contributed by atoms with Gasteiger partial charge in [-0.2, -0.15) is 24.5 Å². The third-order valence-corrected chi connectivity index (χ3v) is 3.96. The summed E-state index contributed by atoms with van der Waals surface area (Å²) >= 11 is 2.55. The van der Waals surface area contributed by atoms with Gasteiger partial charge in [0.05, 0.1) is 5.56 Å². The molecular weight excluding hydrogens is 267 g/mol. The van der Waals surface area contributed by atoms with Gasteiger partial charge in [-0.3, -0.25) is 0 Å². The first-order valence-corrected chi connectivity index (χ1v) is 6.70. The molecule has 0 aliphatic heterocycles. The van der Waals surface area contributed by atoms with Crippen LogP contribution in [0.4, 0.5) is 13.2 Å². The lowest BCUT2D eigenvalue weighted by atomic mass is 10.1. The van der Waals surface area contributed by atoms with Crippen LogP contribution in [0.25, 0.3) is 11.1 Å². The van der Waals surface area contributed by atoms with E-state index in [0.717, 1.165) is 21.6 Å². The highest BCUT2D eigenvalue weighted by atomic mass is 32.1. The molecule has 2 rings (SSSR count). The largest absolute Gasteiger partial charge is 0.417 e. The van der Waals surface area contributed by atoms with E-state index in [1.807, 2.05) is 7.05 Å². The predicted octanol–water partition coefficient (Wildman–Crippen LogP) is 4.21. The molecule has 0 aromatic carbocycles. The number of hydrogen-bond donors (Lipinski definition) is 1. The molecule has 0 saturated carbocycles. The van der Waals surface area contributed by atoms with Crippen LogP contribution in [0.1, 0.15) is 10.4 Å². The van der Waals surface area contributed by atoms with Gasteiger partial charge in [0.1, 0.15) is 0 Å². The summed E-state index contributed by atoms with van der Waals surface area (Å²) in [4.78, 5) is 1.03. The third kappa shape index (κ3) is 2.70. The topological polar surface area (TPSA) is 12.0 Å². The maximum atomic E-state index is 12.7. The van der Waals surface area contributed by atoms with Crippen LogP contribution in [0.2, 0.25) is 0 Å². The zero-order valence-electron chi connectivity index (χ0n) is 8.97. The Morgan fingerprint density at radius 2 is 2.00 bits per heavy atom.